The van der Waals surface area contributed by atoms with Gasteiger partial charge in [-0.15, -0.1) is 6.58 Å². The van der Waals surface area contributed by atoms with Gasteiger partial charge in [-0.05, 0) is 25.7 Å². The van der Waals surface area contributed by atoms with Crippen LogP contribution in [0.5, 0.6) is 0 Å². The number of carbonyl (C=O) groups excluding carboxylic acids is 1. The van der Waals surface area contributed by atoms with Crippen LogP contribution in [0.1, 0.15) is 45.4 Å². The van der Waals surface area contributed by atoms with Crippen LogP contribution in [0.25, 0.3) is 0 Å². The molecule has 0 aromatic carbocycles. The van der Waals surface area contributed by atoms with E-state index in [9.17, 15) is 4.79 Å². The Morgan fingerprint density at radius 2 is 2.15 bits per heavy atom. The Kier molecular flexibility index (Phi) is 8.73. The zero-order chi connectivity index (χ0) is 9.94. The van der Waals surface area contributed by atoms with Crippen molar-refractivity contribution >= 4 is 5.97 Å². The number of rotatable bonds is 8. The third kappa shape index (κ3) is 9.12. The van der Waals surface area contributed by atoms with E-state index < -0.39 is 0 Å². The lowest BCUT2D eigenvalue weighted by molar-refractivity contribution is -0.143. The van der Waals surface area contributed by atoms with Crippen LogP contribution in [0.2, 0.25) is 0 Å². The molecule has 0 rings (SSSR count). The van der Waals surface area contributed by atoms with Crippen LogP contribution in [-0.2, 0) is 9.53 Å². The minimum Gasteiger partial charge on any atom is -0.466 e. The summed E-state index contributed by atoms with van der Waals surface area (Å²) in [5.74, 6) is -0.0551. The quantitative estimate of drug-likeness (QED) is 0.329. The van der Waals surface area contributed by atoms with Gasteiger partial charge in [0, 0.05) is 6.42 Å². The van der Waals surface area contributed by atoms with E-state index in [-0.39, 0.29) is 5.97 Å². The molecule has 0 aliphatic heterocycles. The van der Waals surface area contributed by atoms with Crippen molar-refractivity contribution < 1.29 is 9.53 Å². The zero-order valence-electron chi connectivity index (χ0n) is 8.55. The predicted octanol–water partition coefficient (Wildman–Crippen LogP) is 3.08. The number of unbranched alkanes of at least 4 members (excludes halogenated alkanes) is 3. The lowest BCUT2D eigenvalue weighted by atomic mass is 10.1. The van der Waals surface area contributed by atoms with Crippen molar-refractivity contribution in [1.82, 2.24) is 0 Å². The average molecular weight is 184 g/mol. The maximum Gasteiger partial charge on any atom is 0.305 e. The monoisotopic (exact) mass is 184 g/mol. The highest BCUT2D eigenvalue weighted by molar-refractivity contribution is 5.69. The van der Waals surface area contributed by atoms with Crippen LogP contribution in [-0.4, -0.2) is 12.6 Å². The van der Waals surface area contributed by atoms with E-state index in [1.54, 1.807) is 0 Å². The summed E-state index contributed by atoms with van der Waals surface area (Å²) in [4.78, 5) is 11.0. The summed E-state index contributed by atoms with van der Waals surface area (Å²) in [5, 5.41) is 0. The second-order valence-corrected chi connectivity index (χ2v) is 3.11. The Morgan fingerprint density at radius 3 is 2.77 bits per heavy atom. The summed E-state index contributed by atoms with van der Waals surface area (Å²) >= 11 is 0. The van der Waals surface area contributed by atoms with Gasteiger partial charge in [0.15, 0.2) is 0 Å². The minimum atomic E-state index is -0.0551. The third-order valence-corrected chi connectivity index (χ3v) is 1.76. The van der Waals surface area contributed by atoms with Crippen LogP contribution in [0.4, 0.5) is 0 Å². The standard InChI is InChI=1S/C11H20O2/c1-3-5-6-7-8-9-11(12)13-10-4-2/h3H,1,4-10H2,2H3. The Labute approximate surface area is 81.0 Å². The fraction of sp³-hybridized carbons (Fsp3) is 0.727. The largest absolute Gasteiger partial charge is 0.466 e. The molecule has 0 heterocycles. The van der Waals surface area contributed by atoms with Crippen molar-refractivity contribution in [2.45, 2.75) is 45.4 Å². The van der Waals surface area contributed by atoms with Gasteiger partial charge in [0.1, 0.15) is 0 Å². The number of ether oxygens (including phenoxy) is 1. The normalized spacial score (nSPS) is 9.62. The lowest BCUT2D eigenvalue weighted by Crippen LogP contribution is -2.04. The molecule has 0 aromatic rings. The Hall–Kier alpha value is -0.790. The highest BCUT2D eigenvalue weighted by atomic mass is 16.5. The minimum absolute atomic E-state index is 0.0551. The molecule has 0 saturated heterocycles. The summed E-state index contributed by atoms with van der Waals surface area (Å²) in [5.41, 5.74) is 0. The lowest BCUT2D eigenvalue weighted by Gasteiger charge is -2.01. The summed E-state index contributed by atoms with van der Waals surface area (Å²) < 4.78 is 4.94. The third-order valence-electron chi connectivity index (χ3n) is 1.76. The smallest absolute Gasteiger partial charge is 0.305 e. The molecule has 0 saturated carbocycles. The first kappa shape index (κ1) is 12.2. The first-order chi connectivity index (χ1) is 6.31. The van der Waals surface area contributed by atoms with E-state index in [1.165, 1.54) is 0 Å². The van der Waals surface area contributed by atoms with Crippen molar-refractivity contribution in [2.75, 3.05) is 6.61 Å². The molecule has 0 fully saturated rings. The van der Waals surface area contributed by atoms with E-state index in [0.717, 1.165) is 32.1 Å². The SMILES string of the molecule is C=CCCCCCC(=O)OCCC. The van der Waals surface area contributed by atoms with E-state index in [0.29, 0.717) is 13.0 Å². The molecule has 0 unspecified atom stereocenters. The van der Waals surface area contributed by atoms with Gasteiger partial charge >= 0.3 is 5.97 Å². The molecule has 0 atom stereocenters. The molecule has 76 valence electrons. The van der Waals surface area contributed by atoms with Crippen LogP contribution in [0.3, 0.4) is 0 Å². The summed E-state index contributed by atoms with van der Waals surface area (Å²) in [6.07, 6.45) is 7.59. The van der Waals surface area contributed by atoms with Gasteiger partial charge in [-0.25, -0.2) is 0 Å². The first-order valence-electron chi connectivity index (χ1n) is 5.07. The number of allylic oxidation sites excluding steroid dienone is 1. The summed E-state index contributed by atoms with van der Waals surface area (Å²) in [6.45, 7) is 6.20. The molecular weight excluding hydrogens is 164 g/mol. The molecule has 13 heavy (non-hydrogen) atoms. The number of hydrogen-bond donors (Lipinski definition) is 0. The molecule has 2 nitrogen and oxygen atoms in total. The fourth-order valence-corrected chi connectivity index (χ4v) is 1.02. The van der Waals surface area contributed by atoms with Crippen molar-refractivity contribution in [3.05, 3.63) is 12.7 Å². The average Bonchev–Trinajstić information content (AvgIpc) is 2.14. The summed E-state index contributed by atoms with van der Waals surface area (Å²) in [6, 6.07) is 0. The van der Waals surface area contributed by atoms with Gasteiger partial charge in [-0.1, -0.05) is 19.4 Å². The van der Waals surface area contributed by atoms with Crippen molar-refractivity contribution in [3.8, 4) is 0 Å². The van der Waals surface area contributed by atoms with Crippen LogP contribution >= 0.6 is 0 Å². The Bertz CT molecular complexity index is 141. The van der Waals surface area contributed by atoms with Gasteiger partial charge in [-0.3, -0.25) is 4.79 Å². The first-order valence-corrected chi connectivity index (χ1v) is 5.07. The molecule has 0 bridgehead atoms. The number of carbonyl (C=O) groups is 1. The van der Waals surface area contributed by atoms with Crippen LogP contribution in [0, 0.1) is 0 Å². The maximum absolute atomic E-state index is 11.0. The van der Waals surface area contributed by atoms with E-state index in [1.807, 2.05) is 13.0 Å². The van der Waals surface area contributed by atoms with E-state index in [2.05, 4.69) is 6.58 Å². The highest BCUT2D eigenvalue weighted by Crippen LogP contribution is 2.04. The molecule has 0 radical (unpaired) electrons. The van der Waals surface area contributed by atoms with Gasteiger partial charge < -0.3 is 4.74 Å². The van der Waals surface area contributed by atoms with Gasteiger partial charge in [-0.2, -0.15) is 0 Å². The number of esters is 1. The molecule has 0 aliphatic rings. The highest BCUT2D eigenvalue weighted by Gasteiger charge is 2.00. The summed E-state index contributed by atoms with van der Waals surface area (Å²) in [7, 11) is 0. The molecule has 0 spiro atoms. The zero-order valence-corrected chi connectivity index (χ0v) is 8.55. The van der Waals surface area contributed by atoms with Crippen LogP contribution in [0.15, 0.2) is 12.7 Å². The van der Waals surface area contributed by atoms with E-state index in [4.69, 9.17) is 4.74 Å². The number of hydrogen-bond acceptors (Lipinski definition) is 2. The molecule has 0 amide bonds. The van der Waals surface area contributed by atoms with Gasteiger partial charge in [0.2, 0.25) is 0 Å². The fourth-order valence-electron chi connectivity index (χ4n) is 1.02. The molecule has 0 N–H and O–H groups in total. The van der Waals surface area contributed by atoms with Crippen molar-refractivity contribution in [3.63, 3.8) is 0 Å². The molecule has 0 aromatic heterocycles. The van der Waals surface area contributed by atoms with Crippen molar-refractivity contribution in [1.29, 1.82) is 0 Å². The van der Waals surface area contributed by atoms with Crippen molar-refractivity contribution in [2.24, 2.45) is 0 Å². The van der Waals surface area contributed by atoms with Gasteiger partial charge in [0.25, 0.3) is 0 Å². The Morgan fingerprint density at radius 1 is 1.38 bits per heavy atom. The topological polar surface area (TPSA) is 26.3 Å². The maximum atomic E-state index is 11.0. The second-order valence-electron chi connectivity index (χ2n) is 3.11. The Balaban J connectivity index is 3.12. The second kappa shape index (κ2) is 9.30. The van der Waals surface area contributed by atoms with E-state index >= 15 is 0 Å². The predicted molar refractivity (Wildman–Crippen MR) is 54.5 cm³/mol. The molecule has 0 aliphatic carbocycles. The van der Waals surface area contributed by atoms with Gasteiger partial charge in [0.05, 0.1) is 6.61 Å². The van der Waals surface area contributed by atoms with Crippen LogP contribution < -0.4 is 0 Å². The molecule has 2 heteroatoms. The molecular formula is C11H20O2.